The average molecular weight is 361 g/mol. The van der Waals surface area contributed by atoms with Gasteiger partial charge in [0.15, 0.2) is 5.84 Å². The number of rotatable bonds is 1. The molecule has 0 aliphatic carbocycles. The second-order valence-corrected chi connectivity index (χ2v) is 7.46. The largest absolute Gasteiger partial charge is 0.456 e. The van der Waals surface area contributed by atoms with E-state index in [1.807, 2.05) is 24.3 Å². The molecule has 6 nitrogen and oxygen atoms in total. The van der Waals surface area contributed by atoms with Gasteiger partial charge in [0.1, 0.15) is 11.5 Å². The van der Waals surface area contributed by atoms with Crippen molar-refractivity contribution in [3.05, 3.63) is 64.7 Å². The molecular weight excluding hydrogens is 338 g/mol. The smallest absolute Gasteiger partial charge is 0.166 e. The monoisotopic (exact) mass is 361 g/mol. The van der Waals surface area contributed by atoms with E-state index in [2.05, 4.69) is 34.0 Å². The van der Waals surface area contributed by atoms with Gasteiger partial charge in [-0.3, -0.25) is 0 Å². The van der Waals surface area contributed by atoms with Crippen molar-refractivity contribution in [2.45, 2.75) is 37.8 Å². The molecule has 2 aromatic rings. The first-order chi connectivity index (χ1) is 13.3. The summed E-state index contributed by atoms with van der Waals surface area (Å²) >= 11 is 0. The Morgan fingerprint density at radius 2 is 1.78 bits per heavy atom. The lowest BCUT2D eigenvalue weighted by molar-refractivity contribution is 0.465. The summed E-state index contributed by atoms with van der Waals surface area (Å²) in [5.41, 5.74) is 8.49. The molecule has 3 aliphatic heterocycles. The van der Waals surface area contributed by atoms with Crippen molar-refractivity contribution >= 4 is 11.4 Å². The quantitative estimate of drug-likeness (QED) is 0.231. The number of fused-ring (bicyclic) bond motifs is 4. The molecule has 3 heterocycles. The van der Waals surface area contributed by atoms with Gasteiger partial charge >= 0.3 is 0 Å². The summed E-state index contributed by atoms with van der Waals surface area (Å²) in [7, 11) is 0. The van der Waals surface area contributed by atoms with Gasteiger partial charge in [-0.05, 0) is 49.5 Å². The average Bonchev–Trinajstić information content (AvgIpc) is 3.04. The molecule has 5 rings (SSSR count). The van der Waals surface area contributed by atoms with Crippen molar-refractivity contribution in [2.24, 2.45) is 16.8 Å². The highest BCUT2D eigenvalue weighted by Gasteiger charge is 2.34. The molecule has 6 heteroatoms. The summed E-state index contributed by atoms with van der Waals surface area (Å²) in [5, 5.41) is 7.44. The maximum absolute atomic E-state index is 6.23. The van der Waals surface area contributed by atoms with Crippen LogP contribution in [0, 0.1) is 0 Å². The fourth-order valence-corrected chi connectivity index (χ4v) is 4.67. The summed E-state index contributed by atoms with van der Waals surface area (Å²) in [6, 6.07) is 15.5. The Bertz CT molecular complexity index is 951. The number of hydrazone groups is 1. The first-order valence-corrected chi connectivity index (χ1v) is 9.41. The number of nitrogens with one attached hydrogen (secondary N) is 2. The van der Waals surface area contributed by atoms with E-state index in [0.717, 1.165) is 35.5 Å². The maximum Gasteiger partial charge on any atom is 0.166 e. The molecule has 138 valence electrons. The van der Waals surface area contributed by atoms with E-state index in [4.69, 9.17) is 16.4 Å². The van der Waals surface area contributed by atoms with Gasteiger partial charge in [0.25, 0.3) is 0 Å². The Morgan fingerprint density at radius 1 is 1.04 bits per heavy atom. The van der Waals surface area contributed by atoms with Gasteiger partial charge in [-0.25, -0.2) is 5.84 Å². The lowest BCUT2D eigenvalue weighted by Crippen LogP contribution is -2.35. The van der Waals surface area contributed by atoms with Crippen LogP contribution in [-0.2, 0) is 0 Å². The van der Waals surface area contributed by atoms with E-state index in [9.17, 15) is 0 Å². The minimum absolute atomic E-state index is 0.425. The van der Waals surface area contributed by atoms with Gasteiger partial charge in [0.2, 0.25) is 0 Å². The number of hydrogen-bond donors (Lipinski definition) is 4. The molecule has 3 aliphatic rings. The van der Waals surface area contributed by atoms with Crippen LogP contribution >= 0.6 is 0 Å². The molecule has 2 atom stereocenters. The highest BCUT2D eigenvalue weighted by atomic mass is 16.5. The van der Waals surface area contributed by atoms with Crippen LogP contribution in [0.15, 0.2) is 53.1 Å². The molecule has 0 aromatic heterocycles. The molecule has 2 fully saturated rings. The van der Waals surface area contributed by atoms with Crippen molar-refractivity contribution in [1.82, 2.24) is 10.7 Å². The number of para-hydroxylation sites is 1. The Kier molecular flexibility index (Phi) is 3.88. The lowest BCUT2D eigenvalue weighted by Gasteiger charge is -2.30. The molecule has 0 saturated carbocycles. The second kappa shape index (κ2) is 6.40. The van der Waals surface area contributed by atoms with E-state index in [1.54, 1.807) is 0 Å². The first-order valence-electron chi connectivity index (χ1n) is 9.41. The summed E-state index contributed by atoms with van der Waals surface area (Å²) in [6.45, 7) is 0. The molecule has 6 N–H and O–H groups in total. The standard InChI is InChI=1S/C21H23N5O/c22-25-21(26-23)12-5-8-17-19(11-12)27-18-4-2-1-3-16(18)20(17)13-9-14-6-7-15(10-13)24-14/h1-5,8,11,14-15,24H,6-7,9-10,22-23H2,(H,25,26). The van der Waals surface area contributed by atoms with Crippen molar-refractivity contribution in [3.63, 3.8) is 0 Å². The Labute approximate surface area is 158 Å². The van der Waals surface area contributed by atoms with Crippen LogP contribution in [0.5, 0.6) is 11.5 Å². The van der Waals surface area contributed by atoms with E-state index in [1.165, 1.54) is 29.6 Å². The maximum atomic E-state index is 6.23. The normalized spacial score (nSPS) is 23.5. The summed E-state index contributed by atoms with van der Waals surface area (Å²) in [5.74, 6) is 13.1. The van der Waals surface area contributed by atoms with Crippen LogP contribution in [0.3, 0.4) is 0 Å². The van der Waals surface area contributed by atoms with Crippen molar-refractivity contribution in [1.29, 1.82) is 0 Å². The van der Waals surface area contributed by atoms with Crippen LogP contribution in [0.2, 0.25) is 0 Å². The lowest BCUT2D eigenvalue weighted by atomic mass is 9.84. The molecule has 2 saturated heterocycles. The fraction of sp³-hybridized carbons (Fsp3) is 0.286. The number of hydrazine groups is 1. The zero-order valence-electron chi connectivity index (χ0n) is 15.0. The first kappa shape index (κ1) is 16.4. The molecule has 2 bridgehead atoms. The molecule has 0 spiro atoms. The third-order valence-corrected chi connectivity index (χ3v) is 5.84. The minimum Gasteiger partial charge on any atom is -0.456 e. The van der Waals surface area contributed by atoms with Gasteiger partial charge < -0.3 is 21.3 Å². The number of piperidine rings is 1. The van der Waals surface area contributed by atoms with Crippen molar-refractivity contribution < 1.29 is 4.74 Å². The third-order valence-electron chi connectivity index (χ3n) is 5.84. The van der Waals surface area contributed by atoms with Crippen LogP contribution in [-0.4, -0.2) is 17.9 Å². The predicted molar refractivity (Wildman–Crippen MR) is 106 cm³/mol. The van der Waals surface area contributed by atoms with E-state index in [-0.39, 0.29) is 0 Å². The second-order valence-electron chi connectivity index (χ2n) is 7.46. The molecule has 0 radical (unpaired) electrons. The number of nitrogens with zero attached hydrogens (tertiary/aromatic N) is 1. The number of nitrogens with two attached hydrogens (primary N) is 2. The predicted octanol–water partition coefficient (Wildman–Crippen LogP) is 2.59. The van der Waals surface area contributed by atoms with Gasteiger partial charge in [-0.2, -0.15) is 5.10 Å². The molecule has 2 unspecified atom stereocenters. The zero-order valence-corrected chi connectivity index (χ0v) is 15.0. The van der Waals surface area contributed by atoms with E-state index < -0.39 is 0 Å². The highest BCUT2D eigenvalue weighted by molar-refractivity contribution is 6.00. The Balaban J connectivity index is 1.68. The highest BCUT2D eigenvalue weighted by Crippen LogP contribution is 2.48. The zero-order chi connectivity index (χ0) is 18.4. The number of benzene rings is 2. The van der Waals surface area contributed by atoms with Crippen molar-refractivity contribution in [3.8, 4) is 11.5 Å². The van der Waals surface area contributed by atoms with Gasteiger partial charge in [-0.1, -0.05) is 29.8 Å². The minimum atomic E-state index is 0.425. The van der Waals surface area contributed by atoms with Crippen molar-refractivity contribution in [2.75, 3.05) is 0 Å². The molecular formula is C21H23N5O. The fourth-order valence-electron chi connectivity index (χ4n) is 4.67. The van der Waals surface area contributed by atoms with Crippen LogP contribution in [0.4, 0.5) is 0 Å². The van der Waals surface area contributed by atoms with Crippen LogP contribution in [0.25, 0.3) is 5.57 Å². The van der Waals surface area contributed by atoms with Gasteiger partial charge in [-0.15, -0.1) is 0 Å². The third kappa shape index (κ3) is 2.69. The summed E-state index contributed by atoms with van der Waals surface area (Å²) in [4.78, 5) is 0. The number of hydrogen-bond acceptors (Lipinski definition) is 5. The topological polar surface area (TPSA) is 97.7 Å². The Hall–Kier alpha value is -2.83. The number of amidine groups is 1. The summed E-state index contributed by atoms with van der Waals surface area (Å²) < 4.78 is 6.23. The van der Waals surface area contributed by atoms with Crippen LogP contribution in [0.1, 0.15) is 42.4 Å². The molecule has 2 aromatic carbocycles. The summed E-state index contributed by atoms with van der Waals surface area (Å²) in [6.07, 6.45) is 4.73. The number of ether oxygens (including phenoxy) is 1. The van der Waals surface area contributed by atoms with E-state index >= 15 is 0 Å². The molecule has 0 amide bonds. The van der Waals surface area contributed by atoms with Gasteiger partial charge in [0.05, 0.1) is 0 Å². The van der Waals surface area contributed by atoms with E-state index in [0.29, 0.717) is 17.9 Å². The molecule has 27 heavy (non-hydrogen) atoms. The SMILES string of the molecule is N/N=C(\NN)c1ccc2c(c1)Oc1ccccc1C2=C1CC2CCC(C1)N2. The van der Waals surface area contributed by atoms with Gasteiger partial charge in [0, 0.05) is 28.8 Å². The Morgan fingerprint density at radius 3 is 2.52 bits per heavy atom. The van der Waals surface area contributed by atoms with Crippen LogP contribution < -0.4 is 27.2 Å².